The van der Waals surface area contributed by atoms with Gasteiger partial charge >= 0.3 is 123 Å². The van der Waals surface area contributed by atoms with Gasteiger partial charge in [-0.1, -0.05) is 0 Å². The number of unbranched alkanes of at least 4 members (excludes halogenated alkanes) is 3. The second kappa shape index (κ2) is 8.98. The molecule has 1 rings (SSSR count). The number of aromatic nitrogens is 3. The number of rotatable bonds is 10. The Labute approximate surface area is 123 Å². The summed E-state index contributed by atoms with van der Waals surface area (Å²) in [5.74, 6) is 0. The van der Waals surface area contributed by atoms with Gasteiger partial charge in [0.25, 0.3) is 0 Å². The fraction of sp³-hybridized carbons (Fsp3) is 0.867. The van der Waals surface area contributed by atoms with Gasteiger partial charge in [-0.3, -0.25) is 0 Å². The van der Waals surface area contributed by atoms with E-state index in [1.54, 1.807) is 0 Å². The molecule has 0 spiro atoms. The van der Waals surface area contributed by atoms with Crippen molar-refractivity contribution in [3.05, 3.63) is 6.20 Å². The number of nitrogens with zero attached hydrogens (tertiary/aromatic N) is 3. The second-order valence-corrected chi connectivity index (χ2v) is 18.9. The molecule has 110 valence electrons. The standard InChI is InChI=1S/3C4H9.C3H4N3.Sn/c3*1-3-4-2;1-6-3-2-4-5-6;/h3*1,3-4H2,2H3;3H,1H3;. The second-order valence-electron chi connectivity index (χ2n) is 5.87. The van der Waals surface area contributed by atoms with Gasteiger partial charge in [0.05, 0.1) is 0 Å². The molecule has 1 heterocycles. The first-order valence-electron chi connectivity index (χ1n) is 8.05. The fourth-order valence-corrected chi connectivity index (χ4v) is 18.1. The summed E-state index contributed by atoms with van der Waals surface area (Å²) in [4.78, 5) is 0. The Balaban J connectivity index is 2.93. The third kappa shape index (κ3) is 5.08. The maximum absolute atomic E-state index is 4.55. The van der Waals surface area contributed by atoms with Crippen molar-refractivity contribution in [1.29, 1.82) is 0 Å². The van der Waals surface area contributed by atoms with E-state index in [2.05, 4.69) is 37.3 Å². The molecular weight excluding hydrogens is 341 g/mol. The van der Waals surface area contributed by atoms with E-state index >= 15 is 0 Å². The first-order chi connectivity index (χ1) is 9.18. The summed E-state index contributed by atoms with van der Waals surface area (Å²) in [5, 5.41) is 8.78. The van der Waals surface area contributed by atoms with Crippen LogP contribution in [0.25, 0.3) is 0 Å². The summed E-state index contributed by atoms with van der Waals surface area (Å²) in [6.07, 6.45) is 10.4. The van der Waals surface area contributed by atoms with Gasteiger partial charge in [0.15, 0.2) is 0 Å². The van der Waals surface area contributed by atoms with Crippen LogP contribution in [0, 0.1) is 0 Å². The SMILES string of the molecule is CCC[CH2][Sn]([CH2]CCC)([CH2]CCC)[c]1cn(C)nn1. The van der Waals surface area contributed by atoms with Crippen LogP contribution in [0.4, 0.5) is 0 Å². The number of hydrogen-bond acceptors (Lipinski definition) is 2. The van der Waals surface area contributed by atoms with E-state index in [0.717, 1.165) is 0 Å². The minimum atomic E-state index is -2.27. The van der Waals surface area contributed by atoms with E-state index in [1.165, 1.54) is 55.5 Å². The molecule has 0 aliphatic rings. The van der Waals surface area contributed by atoms with Gasteiger partial charge in [0, 0.05) is 0 Å². The molecule has 1 aromatic heterocycles. The monoisotopic (exact) mass is 373 g/mol. The summed E-state index contributed by atoms with van der Waals surface area (Å²) in [7, 11) is 2.01. The van der Waals surface area contributed by atoms with Crippen LogP contribution >= 0.6 is 0 Å². The van der Waals surface area contributed by atoms with Crippen LogP contribution in [-0.2, 0) is 7.05 Å². The molecule has 0 aliphatic carbocycles. The molecular formula is C15H31N3Sn. The fourth-order valence-electron chi connectivity index (χ4n) is 2.90. The minimum absolute atomic E-state index is 1.32. The maximum atomic E-state index is 4.55. The van der Waals surface area contributed by atoms with E-state index in [9.17, 15) is 0 Å². The Kier molecular flexibility index (Phi) is 8.03. The average Bonchev–Trinajstić information content (AvgIpc) is 2.85. The molecule has 1 aromatic rings. The molecule has 0 bridgehead atoms. The van der Waals surface area contributed by atoms with Gasteiger partial charge in [-0.25, -0.2) is 0 Å². The first kappa shape index (κ1) is 17.0. The molecule has 0 saturated heterocycles. The van der Waals surface area contributed by atoms with Gasteiger partial charge < -0.3 is 0 Å². The van der Waals surface area contributed by atoms with Crippen molar-refractivity contribution >= 4 is 22.1 Å². The molecule has 0 unspecified atom stereocenters. The van der Waals surface area contributed by atoms with Crippen LogP contribution in [0.2, 0.25) is 13.3 Å². The zero-order chi connectivity index (χ0) is 14.1. The van der Waals surface area contributed by atoms with E-state index in [1.807, 2.05) is 11.7 Å². The van der Waals surface area contributed by atoms with Crippen LogP contribution in [0.5, 0.6) is 0 Å². The molecule has 4 heteroatoms. The van der Waals surface area contributed by atoms with Gasteiger partial charge in [0.2, 0.25) is 0 Å². The van der Waals surface area contributed by atoms with E-state index in [0.29, 0.717) is 0 Å². The molecule has 0 aliphatic heterocycles. The summed E-state index contributed by atoms with van der Waals surface area (Å²) < 4.78 is 7.77. The van der Waals surface area contributed by atoms with Gasteiger partial charge in [-0.05, 0) is 0 Å². The summed E-state index contributed by atoms with van der Waals surface area (Å²) in [6, 6.07) is 0. The predicted octanol–water partition coefficient (Wildman–Crippen LogP) is 3.87. The van der Waals surface area contributed by atoms with Crippen molar-refractivity contribution in [3.8, 4) is 0 Å². The summed E-state index contributed by atoms with van der Waals surface area (Å²) in [6.45, 7) is 6.94. The van der Waals surface area contributed by atoms with Crippen LogP contribution in [0.1, 0.15) is 59.3 Å². The Morgan fingerprint density at radius 2 is 1.42 bits per heavy atom. The summed E-state index contributed by atoms with van der Waals surface area (Å²) in [5.41, 5.74) is 0. The van der Waals surface area contributed by atoms with Gasteiger partial charge in [-0.15, -0.1) is 0 Å². The normalized spacial score (nSPS) is 12.0. The average molecular weight is 372 g/mol. The summed E-state index contributed by atoms with van der Waals surface area (Å²) >= 11 is -2.27. The Morgan fingerprint density at radius 1 is 0.947 bits per heavy atom. The Morgan fingerprint density at radius 3 is 1.74 bits per heavy atom. The zero-order valence-electron chi connectivity index (χ0n) is 13.3. The molecule has 0 saturated carbocycles. The van der Waals surface area contributed by atoms with Gasteiger partial charge in [-0.2, -0.15) is 0 Å². The van der Waals surface area contributed by atoms with Crippen molar-refractivity contribution in [2.45, 2.75) is 72.6 Å². The zero-order valence-corrected chi connectivity index (χ0v) is 16.1. The molecule has 0 aromatic carbocycles. The third-order valence-electron chi connectivity index (χ3n) is 4.17. The molecule has 0 N–H and O–H groups in total. The molecule has 0 fully saturated rings. The molecule has 0 radical (unpaired) electrons. The van der Waals surface area contributed by atoms with Crippen molar-refractivity contribution < 1.29 is 0 Å². The van der Waals surface area contributed by atoms with Crippen molar-refractivity contribution in [2.24, 2.45) is 7.05 Å². The third-order valence-corrected chi connectivity index (χ3v) is 19.2. The topological polar surface area (TPSA) is 30.7 Å². The molecule has 0 amide bonds. The van der Waals surface area contributed by atoms with Crippen molar-refractivity contribution in [2.75, 3.05) is 0 Å². The van der Waals surface area contributed by atoms with Crippen molar-refractivity contribution in [3.63, 3.8) is 0 Å². The first-order valence-corrected chi connectivity index (χ1v) is 15.5. The number of hydrogen-bond donors (Lipinski definition) is 0. The Bertz CT molecular complexity index is 327. The van der Waals surface area contributed by atoms with E-state index in [-0.39, 0.29) is 0 Å². The predicted molar refractivity (Wildman–Crippen MR) is 85.5 cm³/mol. The van der Waals surface area contributed by atoms with E-state index < -0.39 is 18.4 Å². The molecule has 0 atom stereocenters. The Hall–Kier alpha value is -0.0613. The quantitative estimate of drug-likeness (QED) is 0.584. The van der Waals surface area contributed by atoms with Crippen LogP contribution in [0.15, 0.2) is 6.20 Å². The van der Waals surface area contributed by atoms with Crippen LogP contribution in [0.3, 0.4) is 0 Å². The van der Waals surface area contributed by atoms with Gasteiger partial charge in [0.1, 0.15) is 0 Å². The van der Waals surface area contributed by atoms with E-state index in [4.69, 9.17) is 0 Å². The van der Waals surface area contributed by atoms with Crippen molar-refractivity contribution in [1.82, 2.24) is 15.0 Å². The molecule has 19 heavy (non-hydrogen) atoms. The van der Waals surface area contributed by atoms with Crippen LogP contribution < -0.4 is 3.71 Å². The van der Waals surface area contributed by atoms with Crippen LogP contribution in [-0.4, -0.2) is 33.4 Å². The number of aryl methyl sites for hydroxylation is 1. The molecule has 3 nitrogen and oxygen atoms in total.